The molecule has 0 aliphatic heterocycles. The first kappa shape index (κ1) is 12.3. The molecule has 1 aromatic heterocycles. The standard InChI is InChI=1S/C12H13NO2S2/c1-8-4-6-10(7-5-8)11-9(2)16-12(13-11)17(3,14)15/h4-7H,1-3H3. The van der Waals surface area contributed by atoms with Gasteiger partial charge in [0.15, 0.2) is 0 Å². The summed E-state index contributed by atoms with van der Waals surface area (Å²) >= 11 is 1.22. The highest BCUT2D eigenvalue weighted by Gasteiger charge is 2.16. The maximum absolute atomic E-state index is 11.4. The molecule has 0 atom stereocenters. The van der Waals surface area contributed by atoms with Crippen molar-refractivity contribution in [2.45, 2.75) is 18.2 Å². The smallest absolute Gasteiger partial charge is 0.209 e. The Bertz CT molecular complexity index is 640. The average Bonchev–Trinajstić information content (AvgIpc) is 2.61. The van der Waals surface area contributed by atoms with Gasteiger partial charge in [0, 0.05) is 16.7 Å². The van der Waals surface area contributed by atoms with Crippen LogP contribution in [-0.2, 0) is 9.84 Å². The van der Waals surface area contributed by atoms with Crippen LogP contribution in [-0.4, -0.2) is 19.7 Å². The molecule has 5 heteroatoms. The molecule has 3 nitrogen and oxygen atoms in total. The van der Waals surface area contributed by atoms with Crippen LogP contribution in [0, 0.1) is 13.8 Å². The maximum atomic E-state index is 11.4. The van der Waals surface area contributed by atoms with E-state index in [0.717, 1.165) is 16.1 Å². The quantitative estimate of drug-likeness (QED) is 0.840. The summed E-state index contributed by atoms with van der Waals surface area (Å²) in [6.45, 7) is 3.90. The molecule has 0 fully saturated rings. The van der Waals surface area contributed by atoms with Crippen LogP contribution in [0.5, 0.6) is 0 Å². The molecule has 0 bridgehead atoms. The number of sulfone groups is 1. The summed E-state index contributed by atoms with van der Waals surface area (Å²) in [5.41, 5.74) is 2.89. The van der Waals surface area contributed by atoms with Gasteiger partial charge in [0.25, 0.3) is 0 Å². The van der Waals surface area contributed by atoms with Crippen molar-refractivity contribution in [3.8, 4) is 11.3 Å². The molecule has 17 heavy (non-hydrogen) atoms. The van der Waals surface area contributed by atoms with Gasteiger partial charge in [0.2, 0.25) is 14.2 Å². The Kier molecular flexibility index (Phi) is 3.05. The normalized spacial score (nSPS) is 11.7. The molecule has 0 saturated carbocycles. The van der Waals surface area contributed by atoms with Gasteiger partial charge in [-0.15, -0.1) is 11.3 Å². The molecule has 90 valence electrons. The molecule has 2 rings (SSSR count). The highest BCUT2D eigenvalue weighted by Crippen LogP contribution is 2.29. The lowest BCUT2D eigenvalue weighted by molar-refractivity contribution is 0.601. The van der Waals surface area contributed by atoms with Gasteiger partial charge in [-0.3, -0.25) is 0 Å². The fourth-order valence-electron chi connectivity index (χ4n) is 1.51. The zero-order valence-corrected chi connectivity index (χ0v) is 11.5. The monoisotopic (exact) mass is 267 g/mol. The summed E-state index contributed by atoms with van der Waals surface area (Å²) in [7, 11) is -3.21. The van der Waals surface area contributed by atoms with Crippen LogP contribution < -0.4 is 0 Å². The number of hydrogen-bond acceptors (Lipinski definition) is 4. The van der Waals surface area contributed by atoms with E-state index in [1.165, 1.54) is 23.2 Å². The summed E-state index contributed by atoms with van der Waals surface area (Å²) in [6, 6.07) is 7.91. The van der Waals surface area contributed by atoms with E-state index in [9.17, 15) is 8.42 Å². The van der Waals surface area contributed by atoms with E-state index in [0.29, 0.717) is 0 Å². The summed E-state index contributed by atoms with van der Waals surface area (Å²) in [4.78, 5) is 5.14. The first-order valence-corrected chi connectivity index (χ1v) is 7.83. The third-order valence-electron chi connectivity index (χ3n) is 2.42. The molecule has 0 radical (unpaired) electrons. The molecule has 0 N–H and O–H groups in total. The minimum atomic E-state index is -3.21. The van der Waals surface area contributed by atoms with Crippen molar-refractivity contribution in [2.24, 2.45) is 0 Å². The van der Waals surface area contributed by atoms with E-state index in [4.69, 9.17) is 0 Å². The molecule has 0 amide bonds. The maximum Gasteiger partial charge on any atom is 0.209 e. The van der Waals surface area contributed by atoms with Gasteiger partial charge in [0.05, 0.1) is 5.69 Å². The second-order valence-electron chi connectivity index (χ2n) is 4.02. The topological polar surface area (TPSA) is 47.0 Å². The van der Waals surface area contributed by atoms with Crippen LogP contribution in [0.25, 0.3) is 11.3 Å². The Balaban J connectivity index is 2.54. The summed E-state index contributed by atoms with van der Waals surface area (Å²) in [6.07, 6.45) is 1.18. The zero-order valence-electron chi connectivity index (χ0n) is 9.89. The minimum Gasteiger partial charge on any atom is -0.225 e. The molecule has 0 aliphatic carbocycles. The Morgan fingerprint density at radius 3 is 2.18 bits per heavy atom. The Labute approximate surface area is 105 Å². The van der Waals surface area contributed by atoms with Crippen LogP contribution >= 0.6 is 11.3 Å². The van der Waals surface area contributed by atoms with Gasteiger partial charge in [-0.2, -0.15) is 0 Å². The number of thiazole rings is 1. The molecule has 0 spiro atoms. The highest BCUT2D eigenvalue weighted by molar-refractivity contribution is 7.92. The van der Waals surface area contributed by atoms with Gasteiger partial charge < -0.3 is 0 Å². The van der Waals surface area contributed by atoms with Crippen LogP contribution in [0.1, 0.15) is 10.4 Å². The van der Waals surface area contributed by atoms with Gasteiger partial charge in [-0.05, 0) is 13.8 Å². The van der Waals surface area contributed by atoms with E-state index in [1.54, 1.807) is 0 Å². The molecule has 2 aromatic rings. The van der Waals surface area contributed by atoms with Crippen molar-refractivity contribution in [3.63, 3.8) is 0 Å². The van der Waals surface area contributed by atoms with Crippen molar-refractivity contribution in [1.29, 1.82) is 0 Å². The number of aromatic nitrogens is 1. The van der Waals surface area contributed by atoms with Crippen molar-refractivity contribution < 1.29 is 8.42 Å². The lowest BCUT2D eigenvalue weighted by Gasteiger charge is -1.98. The zero-order chi connectivity index (χ0) is 12.6. The van der Waals surface area contributed by atoms with Gasteiger partial charge >= 0.3 is 0 Å². The minimum absolute atomic E-state index is 0.186. The fourth-order valence-corrected chi connectivity index (χ4v) is 3.41. The van der Waals surface area contributed by atoms with E-state index in [2.05, 4.69) is 4.98 Å². The molecule has 0 aliphatic rings. The highest BCUT2D eigenvalue weighted by atomic mass is 32.2. The third kappa shape index (κ3) is 2.56. The average molecular weight is 267 g/mol. The Morgan fingerprint density at radius 1 is 1.12 bits per heavy atom. The summed E-state index contributed by atoms with van der Waals surface area (Å²) in [5.74, 6) is 0. The second kappa shape index (κ2) is 4.23. The number of aryl methyl sites for hydroxylation is 2. The van der Waals surface area contributed by atoms with Crippen molar-refractivity contribution in [3.05, 3.63) is 34.7 Å². The first-order valence-electron chi connectivity index (χ1n) is 5.12. The third-order valence-corrected chi connectivity index (χ3v) is 5.07. The molecular formula is C12H13NO2S2. The predicted octanol–water partition coefficient (Wildman–Crippen LogP) is 2.83. The fraction of sp³-hybridized carbons (Fsp3) is 0.250. The van der Waals surface area contributed by atoms with Crippen LogP contribution in [0.3, 0.4) is 0 Å². The lowest BCUT2D eigenvalue weighted by Crippen LogP contribution is -1.95. The van der Waals surface area contributed by atoms with Crippen molar-refractivity contribution in [2.75, 3.05) is 6.26 Å². The predicted molar refractivity (Wildman–Crippen MR) is 70.1 cm³/mol. The van der Waals surface area contributed by atoms with E-state index in [1.807, 2.05) is 38.1 Å². The number of nitrogens with zero attached hydrogens (tertiary/aromatic N) is 1. The lowest BCUT2D eigenvalue weighted by atomic mass is 10.1. The molecule has 1 heterocycles. The summed E-state index contributed by atoms with van der Waals surface area (Å²) in [5, 5.41) is 0. The number of benzene rings is 1. The van der Waals surface area contributed by atoms with Gasteiger partial charge in [-0.1, -0.05) is 29.8 Å². The van der Waals surface area contributed by atoms with Gasteiger partial charge in [-0.25, -0.2) is 13.4 Å². The van der Waals surface area contributed by atoms with Crippen LogP contribution in [0.4, 0.5) is 0 Å². The van der Waals surface area contributed by atoms with Gasteiger partial charge in [0.1, 0.15) is 0 Å². The SMILES string of the molecule is Cc1ccc(-c2nc(S(C)(=O)=O)sc2C)cc1. The van der Waals surface area contributed by atoms with E-state index in [-0.39, 0.29) is 4.34 Å². The van der Waals surface area contributed by atoms with Crippen molar-refractivity contribution >= 4 is 21.2 Å². The molecule has 1 aromatic carbocycles. The molecule has 0 saturated heterocycles. The summed E-state index contributed by atoms with van der Waals surface area (Å²) < 4.78 is 23.0. The first-order chi connectivity index (χ1) is 7.88. The van der Waals surface area contributed by atoms with Crippen LogP contribution in [0.15, 0.2) is 28.6 Å². The second-order valence-corrected chi connectivity index (χ2v) is 7.42. The Hall–Kier alpha value is -1.20. The molecule has 0 unspecified atom stereocenters. The Morgan fingerprint density at radius 2 is 1.71 bits per heavy atom. The van der Waals surface area contributed by atoms with E-state index < -0.39 is 9.84 Å². The largest absolute Gasteiger partial charge is 0.225 e. The van der Waals surface area contributed by atoms with E-state index >= 15 is 0 Å². The number of hydrogen-bond donors (Lipinski definition) is 0. The van der Waals surface area contributed by atoms with Crippen molar-refractivity contribution in [1.82, 2.24) is 4.98 Å². The van der Waals surface area contributed by atoms with Crippen LogP contribution in [0.2, 0.25) is 0 Å². The number of rotatable bonds is 2. The molecular weight excluding hydrogens is 254 g/mol.